The third kappa shape index (κ3) is 2.13. The van der Waals surface area contributed by atoms with Crippen molar-refractivity contribution in [3.8, 4) is 0 Å². The van der Waals surface area contributed by atoms with Gasteiger partial charge in [0, 0.05) is 12.6 Å². The summed E-state index contributed by atoms with van der Waals surface area (Å²) in [5.41, 5.74) is -1.31. The summed E-state index contributed by atoms with van der Waals surface area (Å²) >= 11 is 0. The van der Waals surface area contributed by atoms with Gasteiger partial charge in [-0.05, 0) is 33.1 Å². The van der Waals surface area contributed by atoms with Gasteiger partial charge in [-0.2, -0.15) is 0 Å². The van der Waals surface area contributed by atoms with Crippen LogP contribution in [-0.4, -0.2) is 34.5 Å². The molecule has 15 heavy (non-hydrogen) atoms. The van der Waals surface area contributed by atoms with E-state index in [1.807, 2.05) is 6.92 Å². The van der Waals surface area contributed by atoms with E-state index >= 15 is 0 Å². The predicted octanol–water partition coefficient (Wildman–Crippen LogP) is 1.35. The molecule has 4 nitrogen and oxygen atoms in total. The predicted molar refractivity (Wildman–Crippen MR) is 56.4 cm³/mol. The molecule has 0 aromatic carbocycles. The molecule has 86 valence electrons. The molecule has 1 saturated heterocycles. The number of rotatable bonds is 2. The van der Waals surface area contributed by atoms with Crippen LogP contribution in [0.25, 0.3) is 0 Å². The van der Waals surface area contributed by atoms with Crippen molar-refractivity contribution in [3.63, 3.8) is 0 Å². The minimum absolute atomic E-state index is 0.158. The summed E-state index contributed by atoms with van der Waals surface area (Å²) in [7, 11) is 0. The van der Waals surface area contributed by atoms with E-state index in [9.17, 15) is 9.59 Å². The van der Waals surface area contributed by atoms with Gasteiger partial charge in [-0.25, -0.2) is 0 Å². The maximum absolute atomic E-state index is 12.0. The molecule has 0 aromatic rings. The zero-order valence-corrected chi connectivity index (χ0v) is 9.78. The van der Waals surface area contributed by atoms with Crippen LogP contribution in [-0.2, 0) is 9.59 Å². The molecule has 0 bridgehead atoms. The van der Waals surface area contributed by atoms with Gasteiger partial charge in [-0.15, -0.1) is 0 Å². The highest BCUT2D eigenvalue weighted by molar-refractivity contribution is 6.01. The first-order valence-corrected chi connectivity index (χ1v) is 5.31. The number of hydrogen-bond acceptors (Lipinski definition) is 2. The van der Waals surface area contributed by atoms with E-state index in [1.165, 1.54) is 13.8 Å². The zero-order chi connectivity index (χ0) is 11.8. The number of carboxylic acid groups (broad SMARTS) is 1. The maximum atomic E-state index is 12.0. The van der Waals surface area contributed by atoms with Gasteiger partial charge >= 0.3 is 5.97 Å². The van der Waals surface area contributed by atoms with E-state index in [0.29, 0.717) is 12.5 Å². The molecule has 1 N–H and O–H groups in total. The molecule has 1 aliphatic rings. The fourth-order valence-electron chi connectivity index (χ4n) is 2.03. The number of aliphatic carboxylic acids is 1. The average molecular weight is 213 g/mol. The molecular formula is C11H19NO3. The van der Waals surface area contributed by atoms with Gasteiger partial charge in [-0.1, -0.05) is 6.92 Å². The Balaban J connectivity index is 2.81. The molecule has 2 unspecified atom stereocenters. The van der Waals surface area contributed by atoms with Crippen LogP contribution in [0, 0.1) is 11.3 Å². The summed E-state index contributed by atoms with van der Waals surface area (Å²) in [5.74, 6) is -0.861. The lowest BCUT2D eigenvalue weighted by molar-refractivity contribution is -0.158. The van der Waals surface area contributed by atoms with Crippen molar-refractivity contribution in [1.82, 2.24) is 4.90 Å². The van der Waals surface area contributed by atoms with E-state index in [4.69, 9.17) is 5.11 Å². The molecule has 1 heterocycles. The largest absolute Gasteiger partial charge is 0.480 e. The Bertz CT molecular complexity index is 286. The highest BCUT2D eigenvalue weighted by Gasteiger charge is 2.43. The molecule has 0 spiro atoms. The molecule has 4 heteroatoms. The van der Waals surface area contributed by atoms with Gasteiger partial charge in [0.2, 0.25) is 5.91 Å². The van der Waals surface area contributed by atoms with Crippen molar-refractivity contribution in [1.29, 1.82) is 0 Å². The van der Waals surface area contributed by atoms with Crippen molar-refractivity contribution in [3.05, 3.63) is 0 Å². The second-order valence-corrected chi connectivity index (χ2v) is 5.08. The van der Waals surface area contributed by atoms with Gasteiger partial charge in [0.15, 0.2) is 0 Å². The Kier molecular flexibility index (Phi) is 3.07. The third-order valence-electron chi connectivity index (χ3n) is 3.11. The third-order valence-corrected chi connectivity index (χ3v) is 3.11. The lowest BCUT2D eigenvalue weighted by atomic mass is 9.91. The van der Waals surface area contributed by atoms with Crippen molar-refractivity contribution in [2.24, 2.45) is 11.3 Å². The Labute approximate surface area is 90.3 Å². The smallest absolute Gasteiger partial charge is 0.318 e. The van der Waals surface area contributed by atoms with Gasteiger partial charge in [0.05, 0.1) is 0 Å². The van der Waals surface area contributed by atoms with E-state index in [0.717, 1.165) is 6.42 Å². The van der Waals surface area contributed by atoms with Crippen LogP contribution in [0.4, 0.5) is 0 Å². The Hall–Kier alpha value is -1.06. The molecule has 1 amide bonds. The van der Waals surface area contributed by atoms with Crippen LogP contribution in [0.1, 0.15) is 34.1 Å². The SMILES string of the molecule is CC1CC(C)N(C(=O)C(C)(C)C(=O)O)C1. The maximum Gasteiger partial charge on any atom is 0.318 e. The van der Waals surface area contributed by atoms with Crippen LogP contribution >= 0.6 is 0 Å². The molecule has 0 radical (unpaired) electrons. The fraction of sp³-hybridized carbons (Fsp3) is 0.818. The Morgan fingerprint density at radius 1 is 1.33 bits per heavy atom. The number of carboxylic acids is 1. The minimum atomic E-state index is -1.31. The second kappa shape index (κ2) is 3.83. The topological polar surface area (TPSA) is 57.6 Å². The van der Waals surface area contributed by atoms with Gasteiger partial charge in [-0.3, -0.25) is 9.59 Å². The first kappa shape index (κ1) is 12.0. The summed E-state index contributed by atoms with van der Waals surface area (Å²) in [5, 5.41) is 8.98. The number of nitrogens with zero attached hydrogens (tertiary/aromatic N) is 1. The van der Waals surface area contributed by atoms with Gasteiger partial charge in [0.25, 0.3) is 0 Å². The van der Waals surface area contributed by atoms with Crippen molar-refractivity contribution < 1.29 is 14.7 Å². The molecular weight excluding hydrogens is 194 g/mol. The molecule has 1 fully saturated rings. The normalized spacial score (nSPS) is 26.8. The number of likely N-dealkylation sites (tertiary alicyclic amines) is 1. The fourth-order valence-corrected chi connectivity index (χ4v) is 2.03. The van der Waals surface area contributed by atoms with E-state index in [-0.39, 0.29) is 11.9 Å². The van der Waals surface area contributed by atoms with Gasteiger partial charge in [0.1, 0.15) is 5.41 Å². The highest BCUT2D eigenvalue weighted by atomic mass is 16.4. The van der Waals surface area contributed by atoms with Crippen molar-refractivity contribution >= 4 is 11.9 Å². The van der Waals surface area contributed by atoms with E-state index < -0.39 is 11.4 Å². The summed E-state index contributed by atoms with van der Waals surface area (Å²) in [6.45, 7) is 7.66. The molecule has 0 aliphatic carbocycles. The molecule has 1 aliphatic heterocycles. The summed E-state index contributed by atoms with van der Waals surface area (Å²) in [6.07, 6.45) is 0.960. The quantitative estimate of drug-likeness (QED) is 0.704. The van der Waals surface area contributed by atoms with Crippen LogP contribution in [0.15, 0.2) is 0 Å². The number of hydrogen-bond donors (Lipinski definition) is 1. The van der Waals surface area contributed by atoms with E-state index in [1.54, 1.807) is 4.90 Å². The standard InChI is InChI=1S/C11H19NO3/c1-7-5-8(2)12(6-7)9(13)11(3,4)10(14)15/h7-8H,5-6H2,1-4H3,(H,14,15). The van der Waals surface area contributed by atoms with Crippen LogP contribution < -0.4 is 0 Å². The minimum Gasteiger partial charge on any atom is -0.480 e. The zero-order valence-electron chi connectivity index (χ0n) is 9.78. The molecule has 1 rings (SSSR count). The van der Waals surface area contributed by atoms with E-state index in [2.05, 4.69) is 6.92 Å². The van der Waals surface area contributed by atoms with Crippen LogP contribution in [0.5, 0.6) is 0 Å². The Morgan fingerprint density at radius 3 is 2.20 bits per heavy atom. The van der Waals surface area contributed by atoms with Crippen LogP contribution in [0.3, 0.4) is 0 Å². The molecule has 2 atom stereocenters. The summed E-state index contributed by atoms with van der Waals surface area (Å²) in [6, 6.07) is 0.158. The first-order chi connectivity index (χ1) is 6.76. The molecule has 0 saturated carbocycles. The monoisotopic (exact) mass is 213 g/mol. The lowest BCUT2D eigenvalue weighted by Gasteiger charge is -2.28. The van der Waals surface area contributed by atoms with Crippen LogP contribution in [0.2, 0.25) is 0 Å². The number of amides is 1. The molecule has 0 aromatic heterocycles. The average Bonchev–Trinajstić information content (AvgIpc) is 2.43. The number of carbonyl (C=O) groups excluding carboxylic acids is 1. The summed E-state index contributed by atoms with van der Waals surface area (Å²) < 4.78 is 0. The second-order valence-electron chi connectivity index (χ2n) is 5.08. The highest BCUT2D eigenvalue weighted by Crippen LogP contribution is 2.28. The van der Waals surface area contributed by atoms with Crippen molar-refractivity contribution in [2.45, 2.75) is 40.2 Å². The Morgan fingerprint density at radius 2 is 1.87 bits per heavy atom. The lowest BCUT2D eigenvalue weighted by Crippen LogP contribution is -2.46. The van der Waals surface area contributed by atoms with Crippen molar-refractivity contribution in [2.75, 3.05) is 6.54 Å². The summed E-state index contributed by atoms with van der Waals surface area (Å²) in [4.78, 5) is 24.7. The van der Waals surface area contributed by atoms with Gasteiger partial charge < -0.3 is 10.0 Å². The first-order valence-electron chi connectivity index (χ1n) is 5.31. The number of carbonyl (C=O) groups is 2.